The van der Waals surface area contributed by atoms with E-state index in [9.17, 15) is 9.59 Å². The van der Waals surface area contributed by atoms with Gasteiger partial charge in [0.05, 0.1) is 6.10 Å². The molecule has 6 heteroatoms. The number of ketones is 1. The van der Waals surface area contributed by atoms with Crippen molar-refractivity contribution in [3.05, 3.63) is 60.0 Å². The molecule has 0 aliphatic heterocycles. The van der Waals surface area contributed by atoms with E-state index < -0.39 is 16.6 Å². The molecule has 3 rings (SSSR count). The summed E-state index contributed by atoms with van der Waals surface area (Å²) < 4.78 is 8.15. The van der Waals surface area contributed by atoms with Gasteiger partial charge in [-0.1, -0.05) is 71.0 Å². The Morgan fingerprint density at radius 2 is 1.81 bits per heavy atom. The standard InChI is InChI=1S/C31H48O3SSi2/c1-11-14-24-25(27(20-26(24)32)34-37(9,10)30(2,3)4)18-17-23(21-31(5,6)36(7,8)33)29-19-22-15-12-13-16-28(22)35-29/h11-13,15-19,23-25,27,33H,1,14,20-21H2,2-10H3/b18-17+/t23-,24+,25+,27+/m0/s1. The fourth-order valence-corrected chi connectivity index (χ4v) is 8.09. The van der Waals surface area contributed by atoms with Gasteiger partial charge in [-0.05, 0) is 66.6 Å². The van der Waals surface area contributed by atoms with E-state index in [-0.39, 0.29) is 33.9 Å². The summed E-state index contributed by atoms with van der Waals surface area (Å²) in [6.07, 6.45) is 8.43. The molecule has 1 N–H and O–H groups in total. The molecule has 1 fully saturated rings. The third-order valence-electron chi connectivity index (χ3n) is 9.14. The number of Topliss-reactive ketones (excluding diaryl/α,β-unsaturated/α-hetero) is 1. The van der Waals surface area contributed by atoms with E-state index >= 15 is 0 Å². The number of thiophene rings is 1. The molecule has 0 saturated heterocycles. The second-order valence-corrected chi connectivity index (χ2v) is 24.0. The third-order valence-corrected chi connectivity index (χ3v) is 18.4. The minimum absolute atomic E-state index is 0.0407. The van der Waals surface area contributed by atoms with Crippen molar-refractivity contribution in [2.24, 2.45) is 11.8 Å². The van der Waals surface area contributed by atoms with Crippen molar-refractivity contribution in [1.82, 2.24) is 0 Å². The van der Waals surface area contributed by atoms with Gasteiger partial charge >= 0.3 is 0 Å². The quantitative estimate of drug-likeness (QED) is 0.234. The normalized spacial score (nSPS) is 22.8. The van der Waals surface area contributed by atoms with Crippen LogP contribution in [-0.4, -0.2) is 33.3 Å². The van der Waals surface area contributed by atoms with Crippen molar-refractivity contribution in [3.63, 3.8) is 0 Å². The number of allylic oxidation sites excluding steroid dienone is 2. The predicted molar refractivity (Wildman–Crippen MR) is 166 cm³/mol. The topological polar surface area (TPSA) is 46.5 Å². The second kappa shape index (κ2) is 11.0. The van der Waals surface area contributed by atoms with Crippen LogP contribution < -0.4 is 0 Å². The Kier molecular flexibility index (Phi) is 9.03. The molecule has 1 aliphatic carbocycles. The van der Waals surface area contributed by atoms with Crippen LogP contribution in [0.2, 0.25) is 36.3 Å². The maximum Gasteiger partial charge on any atom is 0.192 e. The Morgan fingerprint density at radius 1 is 1.16 bits per heavy atom. The average Bonchev–Trinajstić information content (AvgIpc) is 3.31. The summed E-state index contributed by atoms with van der Waals surface area (Å²) in [6, 6.07) is 10.8. The number of fused-ring (bicyclic) bond motifs is 1. The number of hydrogen-bond donors (Lipinski definition) is 1. The molecule has 37 heavy (non-hydrogen) atoms. The first-order valence-electron chi connectivity index (χ1n) is 13.7. The predicted octanol–water partition coefficient (Wildman–Crippen LogP) is 9.08. The van der Waals surface area contributed by atoms with Crippen LogP contribution in [0.25, 0.3) is 10.1 Å². The summed E-state index contributed by atoms with van der Waals surface area (Å²) in [5.41, 5.74) is 0. The van der Waals surface area contributed by atoms with Crippen LogP contribution in [-0.2, 0) is 9.22 Å². The van der Waals surface area contributed by atoms with Gasteiger partial charge in [0.15, 0.2) is 16.6 Å². The summed E-state index contributed by atoms with van der Waals surface area (Å²) in [5.74, 6) is 0.420. The maximum absolute atomic E-state index is 13.1. The average molecular weight is 557 g/mol. The van der Waals surface area contributed by atoms with Crippen molar-refractivity contribution in [2.75, 3.05) is 0 Å². The van der Waals surface area contributed by atoms with Crippen molar-refractivity contribution >= 4 is 43.8 Å². The van der Waals surface area contributed by atoms with Crippen molar-refractivity contribution in [2.45, 2.75) is 102 Å². The highest BCUT2D eigenvalue weighted by Gasteiger charge is 2.47. The monoisotopic (exact) mass is 556 g/mol. The van der Waals surface area contributed by atoms with Crippen molar-refractivity contribution in [1.29, 1.82) is 0 Å². The van der Waals surface area contributed by atoms with Crippen LogP contribution >= 0.6 is 11.3 Å². The molecular weight excluding hydrogens is 509 g/mol. The molecule has 3 nitrogen and oxygen atoms in total. The first kappa shape index (κ1) is 30.2. The molecule has 4 atom stereocenters. The highest BCUT2D eigenvalue weighted by molar-refractivity contribution is 7.19. The number of carbonyl (C=O) groups is 1. The van der Waals surface area contributed by atoms with Crippen LogP contribution in [0, 0.1) is 11.8 Å². The molecule has 1 aromatic carbocycles. The minimum atomic E-state index is -2.40. The summed E-state index contributed by atoms with van der Waals surface area (Å²) in [4.78, 5) is 25.6. The number of hydrogen-bond acceptors (Lipinski definition) is 4. The van der Waals surface area contributed by atoms with Crippen molar-refractivity contribution < 1.29 is 14.0 Å². The zero-order valence-corrected chi connectivity index (χ0v) is 27.2. The van der Waals surface area contributed by atoms with Gasteiger partial charge in [-0.25, -0.2) is 0 Å². The Labute approximate surface area is 231 Å². The van der Waals surface area contributed by atoms with Crippen LogP contribution in [0.4, 0.5) is 0 Å². The molecule has 0 unspecified atom stereocenters. The van der Waals surface area contributed by atoms with Gasteiger partial charge in [-0.3, -0.25) is 4.79 Å². The van der Waals surface area contributed by atoms with Gasteiger partial charge < -0.3 is 9.22 Å². The Morgan fingerprint density at radius 3 is 2.38 bits per heavy atom. The van der Waals surface area contributed by atoms with Gasteiger partial charge in [0.2, 0.25) is 0 Å². The van der Waals surface area contributed by atoms with E-state index in [2.05, 4.69) is 96.8 Å². The Bertz CT molecular complexity index is 1100. The Balaban J connectivity index is 2.01. The molecule has 204 valence electrons. The van der Waals surface area contributed by atoms with Gasteiger partial charge in [0, 0.05) is 33.8 Å². The summed E-state index contributed by atoms with van der Waals surface area (Å²) in [6.45, 7) is 23.7. The van der Waals surface area contributed by atoms with Crippen molar-refractivity contribution in [3.8, 4) is 0 Å². The number of benzene rings is 1. The van der Waals surface area contributed by atoms with E-state index in [1.807, 2.05) is 30.5 Å². The van der Waals surface area contributed by atoms with E-state index in [1.54, 1.807) is 0 Å². The van der Waals surface area contributed by atoms with Crippen LogP contribution in [0.15, 0.2) is 55.1 Å². The first-order chi connectivity index (χ1) is 17.0. The van der Waals surface area contributed by atoms with Gasteiger partial charge in [0.1, 0.15) is 5.78 Å². The summed E-state index contributed by atoms with van der Waals surface area (Å²) in [7, 11) is -4.44. The molecular formula is C31H48O3SSi2. The molecule has 0 radical (unpaired) electrons. The van der Waals surface area contributed by atoms with Gasteiger partial charge in [-0.15, -0.1) is 17.9 Å². The third kappa shape index (κ3) is 6.82. The Hall–Kier alpha value is -1.32. The molecule has 0 bridgehead atoms. The lowest BCUT2D eigenvalue weighted by atomic mass is 9.88. The van der Waals surface area contributed by atoms with Crippen LogP contribution in [0.3, 0.4) is 0 Å². The summed E-state index contributed by atoms with van der Waals surface area (Å²) in [5, 5.41) is 1.18. The lowest BCUT2D eigenvalue weighted by Crippen LogP contribution is -2.45. The highest BCUT2D eigenvalue weighted by Crippen LogP contribution is 2.48. The smallest absolute Gasteiger partial charge is 0.192 e. The first-order valence-corrected chi connectivity index (χ1v) is 20.3. The fraction of sp³-hybridized carbons (Fsp3) is 0.581. The fourth-order valence-electron chi connectivity index (χ4n) is 4.87. The molecule has 1 saturated carbocycles. The molecule has 0 amide bonds. The van der Waals surface area contributed by atoms with Crippen LogP contribution in [0.1, 0.15) is 64.7 Å². The number of rotatable bonds is 10. The van der Waals surface area contributed by atoms with E-state index in [1.165, 1.54) is 15.0 Å². The van der Waals surface area contributed by atoms with Gasteiger partial charge in [-0.2, -0.15) is 0 Å². The highest BCUT2D eigenvalue weighted by atomic mass is 32.1. The zero-order chi connectivity index (χ0) is 27.8. The largest absolute Gasteiger partial charge is 0.432 e. The van der Waals surface area contributed by atoms with E-state index in [4.69, 9.17) is 4.43 Å². The molecule has 2 aromatic rings. The molecule has 0 spiro atoms. The molecule has 1 aliphatic rings. The van der Waals surface area contributed by atoms with E-state index in [0.29, 0.717) is 18.6 Å². The molecule has 1 aromatic heterocycles. The van der Waals surface area contributed by atoms with E-state index in [0.717, 1.165) is 6.42 Å². The lowest BCUT2D eigenvalue weighted by molar-refractivity contribution is -0.121. The second-order valence-electron chi connectivity index (χ2n) is 13.6. The number of carbonyl (C=O) groups excluding carboxylic acids is 1. The minimum Gasteiger partial charge on any atom is -0.432 e. The summed E-state index contributed by atoms with van der Waals surface area (Å²) >= 11 is 1.84. The van der Waals surface area contributed by atoms with Crippen LogP contribution in [0.5, 0.6) is 0 Å². The maximum atomic E-state index is 13.1. The molecule has 1 heterocycles. The lowest BCUT2D eigenvalue weighted by Gasteiger charge is -2.40. The van der Waals surface area contributed by atoms with Gasteiger partial charge in [0.25, 0.3) is 0 Å². The SMILES string of the molecule is C=CC[C@H]1C(=O)C[C@@H](O[Si](C)(C)C(C)(C)C)[C@@H]1/C=C/[C@@H](CC(C)(C)[Si](C)(C)O)c1cc2ccccc2s1. The zero-order valence-electron chi connectivity index (χ0n) is 24.4.